The second kappa shape index (κ2) is 14.7. The van der Waals surface area contributed by atoms with Crippen LogP contribution in [0, 0.1) is 0 Å². The summed E-state index contributed by atoms with van der Waals surface area (Å²) in [5.74, 6) is 1.88. The molecule has 0 bridgehead atoms. The fourth-order valence-electron chi connectivity index (χ4n) is 9.63. The minimum absolute atomic E-state index is 0.623. The standard InChI is InChI=1S/C58H37N3S/c1-4-16-38(17-5-1)41-18-14-19-43(36-41)56-59-55(40-32-30-39(31-33-40)42-34-35-53-50(37-42)47-25-11-13-29-52(47)62-53)60-57(61-56)49-27-15-26-48-46-24-10-12-28-51(46)58(54(48)49,44-20-6-2-7-21-44)45-22-8-3-9-23-45/h1-37H. The van der Waals surface area contributed by atoms with Crippen LogP contribution in [0.2, 0.25) is 0 Å². The molecule has 0 N–H and O–H groups in total. The highest BCUT2D eigenvalue weighted by molar-refractivity contribution is 7.25. The van der Waals surface area contributed by atoms with Gasteiger partial charge in [-0.15, -0.1) is 11.3 Å². The van der Waals surface area contributed by atoms with Gasteiger partial charge in [-0.05, 0) is 79.9 Å². The van der Waals surface area contributed by atoms with Gasteiger partial charge in [0.1, 0.15) is 0 Å². The van der Waals surface area contributed by atoms with E-state index in [9.17, 15) is 0 Å². The van der Waals surface area contributed by atoms with E-state index in [4.69, 9.17) is 15.0 Å². The Morgan fingerprint density at radius 3 is 1.58 bits per heavy atom. The summed E-state index contributed by atoms with van der Waals surface area (Å²) in [5, 5.41) is 2.59. The third-order valence-electron chi connectivity index (χ3n) is 12.4. The molecule has 0 unspecified atom stereocenters. The lowest BCUT2D eigenvalue weighted by atomic mass is 9.66. The molecule has 290 valence electrons. The van der Waals surface area contributed by atoms with Gasteiger partial charge < -0.3 is 0 Å². The van der Waals surface area contributed by atoms with Crippen LogP contribution in [0.3, 0.4) is 0 Å². The van der Waals surface area contributed by atoms with Crippen LogP contribution < -0.4 is 0 Å². The molecule has 2 heterocycles. The van der Waals surface area contributed by atoms with Crippen LogP contribution in [-0.4, -0.2) is 15.0 Å². The van der Waals surface area contributed by atoms with Crippen molar-refractivity contribution in [2.75, 3.05) is 0 Å². The molecule has 0 atom stereocenters. The topological polar surface area (TPSA) is 38.7 Å². The van der Waals surface area contributed by atoms with Gasteiger partial charge in [-0.25, -0.2) is 15.0 Å². The highest BCUT2D eigenvalue weighted by Gasteiger charge is 2.47. The minimum atomic E-state index is -0.623. The molecule has 3 nitrogen and oxygen atoms in total. The van der Waals surface area contributed by atoms with E-state index >= 15 is 0 Å². The molecule has 0 aliphatic heterocycles. The average Bonchev–Trinajstić information content (AvgIpc) is 3.88. The number of nitrogens with zero attached hydrogens (tertiary/aromatic N) is 3. The van der Waals surface area contributed by atoms with Gasteiger partial charge >= 0.3 is 0 Å². The van der Waals surface area contributed by atoms with Crippen LogP contribution in [0.15, 0.2) is 224 Å². The number of hydrogen-bond donors (Lipinski definition) is 0. The molecule has 2 aromatic heterocycles. The van der Waals surface area contributed by atoms with Crippen LogP contribution in [0.25, 0.3) is 87.7 Å². The monoisotopic (exact) mass is 807 g/mol. The Kier molecular flexibility index (Phi) is 8.58. The fourth-order valence-corrected chi connectivity index (χ4v) is 10.7. The van der Waals surface area contributed by atoms with Crippen molar-refractivity contribution in [3.8, 4) is 67.5 Å². The van der Waals surface area contributed by atoms with E-state index in [-0.39, 0.29) is 0 Å². The first-order valence-corrected chi connectivity index (χ1v) is 21.8. The van der Waals surface area contributed by atoms with Gasteiger partial charge in [-0.1, -0.05) is 200 Å². The van der Waals surface area contributed by atoms with Crippen LogP contribution in [0.4, 0.5) is 0 Å². The zero-order chi connectivity index (χ0) is 41.0. The van der Waals surface area contributed by atoms with E-state index in [1.807, 2.05) is 17.4 Å². The zero-order valence-corrected chi connectivity index (χ0v) is 34.4. The Morgan fingerprint density at radius 2 is 0.806 bits per heavy atom. The molecule has 62 heavy (non-hydrogen) atoms. The summed E-state index contributed by atoms with van der Waals surface area (Å²) >= 11 is 1.84. The second-order valence-corrected chi connectivity index (χ2v) is 17.0. The van der Waals surface area contributed by atoms with Crippen molar-refractivity contribution in [2.45, 2.75) is 5.41 Å². The molecular formula is C58H37N3S. The SMILES string of the molecule is c1ccc(-c2cccc(-c3nc(-c4ccc(-c5ccc6sc7ccccc7c6c5)cc4)nc(-c4cccc5c4C(c4ccccc4)(c4ccccc4)c4ccccc4-5)n3)c2)cc1. The van der Waals surface area contributed by atoms with Crippen molar-refractivity contribution < 1.29 is 0 Å². The highest BCUT2D eigenvalue weighted by Crippen LogP contribution is 2.58. The van der Waals surface area contributed by atoms with Crippen molar-refractivity contribution in [1.29, 1.82) is 0 Å². The Bertz CT molecular complexity index is 3410. The van der Waals surface area contributed by atoms with Gasteiger partial charge in [-0.2, -0.15) is 0 Å². The van der Waals surface area contributed by atoms with Gasteiger partial charge in [0, 0.05) is 36.9 Å². The van der Waals surface area contributed by atoms with Crippen molar-refractivity contribution in [1.82, 2.24) is 15.0 Å². The van der Waals surface area contributed by atoms with Crippen LogP contribution in [-0.2, 0) is 5.41 Å². The maximum atomic E-state index is 5.42. The smallest absolute Gasteiger partial charge is 0.164 e. The molecule has 1 aliphatic rings. The molecule has 0 saturated carbocycles. The summed E-state index contributed by atoms with van der Waals surface area (Å²) < 4.78 is 2.61. The summed E-state index contributed by atoms with van der Waals surface area (Å²) in [6, 6.07) is 80.4. The van der Waals surface area contributed by atoms with Gasteiger partial charge in [0.15, 0.2) is 17.5 Å². The Morgan fingerprint density at radius 1 is 0.306 bits per heavy atom. The lowest BCUT2D eigenvalue weighted by molar-refractivity contribution is 0.769. The number of fused-ring (bicyclic) bond motifs is 6. The highest BCUT2D eigenvalue weighted by atomic mass is 32.1. The second-order valence-electron chi connectivity index (χ2n) is 15.9. The third-order valence-corrected chi connectivity index (χ3v) is 13.6. The predicted molar refractivity (Wildman–Crippen MR) is 257 cm³/mol. The van der Waals surface area contributed by atoms with Crippen LogP contribution >= 0.6 is 11.3 Å². The zero-order valence-electron chi connectivity index (χ0n) is 33.6. The molecule has 11 aromatic rings. The molecule has 0 saturated heterocycles. The first kappa shape index (κ1) is 36.1. The first-order chi connectivity index (χ1) is 30.7. The molecule has 0 spiro atoms. The van der Waals surface area contributed by atoms with E-state index in [0.717, 1.165) is 33.4 Å². The normalized spacial score (nSPS) is 12.6. The number of aromatic nitrogens is 3. The summed E-state index contributed by atoms with van der Waals surface area (Å²) in [6.07, 6.45) is 0. The van der Waals surface area contributed by atoms with Crippen molar-refractivity contribution in [3.05, 3.63) is 247 Å². The lowest BCUT2D eigenvalue weighted by Gasteiger charge is -2.35. The van der Waals surface area contributed by atoms with E-state index < -0.39 is 5.41 Å². The van der Waals surface area contributed by atoms with E-state index in [0.29, 0.717) is 17.5 Å². The molecule has 0 radical (unpaired) electrons. The van der Waals surface area contributed by atoms with E-state index in [1.54, 1.807) is 0 Å². The fraction of sp³-hybridized carbons (Fsp3) is 0.0172. The maximum Gasteiger partial charge on any atom is 0.164 e. The van der Waals surface area contributed by atoms with E-state index in [1.165, 1.54) is 59.1 Å². The Labute approximate surface area is 364 Å². The van der Waals surface area contributed by atoms with Gasteiger partial charge in [0.05, 0.1) is 5.41 Å². The van der Waals surface area contributed by atoms with Crippen molar-refractivity contribution in [3.63, 3.8) is 0 Å². The van der Waals surface area contributed by atoms with E-state index in [2.05, 4.69) is 218 Å². The Hall–Kier alpha value is -7.79. The maximum absolute atomic E-state index is 5.42. The molecule has 4 heteroatoms. The van der Waals surface area contributed by atoms with Gasteiger partial charge in [0.25, 0.3) is 0 Å². The number of thiophene rings is 1. The first-order valence-electron chi connectivity index (χ1n) is 21.0. The van der Waals surface area contributed by atoms with Gasteiger partial charge in [-0.3, -0.25) is 0 Å². The summed E-state index contributed by atoms with van der Waals surface area (Å²) in [6.45, 7) is 0. The van der Waals surface area contributed by atoms with Crippen LogP contribution in [0.5, 0.6) is 0 Å². The quantitative estimate of drug-likeness (QED) is 0.161. The molecular weight excluding hydrogens is 771 g/mol. The number of hydrogen-bond acceptors (Lipinski definition) is 4. The van der Waals surface area contributed by atoms with Crippen molar-refractivity contribution in [2.24, 2.45) is 0 Å². The van der Waals surface area contributed by atoms with Crippen LogP contribution in [0.1, 0.15) is 22.3 Å². The molecule has 9 aromatic carbocycles. The average molecular weight is 808 g/mol. The van der Waals surface area contributed by atoms with Gasteiger partial charge in [0.2, 0.25) is 0 Å². The third kappa shape index (κ3) is 5.83. The Balaban J connectivity index is 1.07. The summed E-state index contributed by atoms with van der Waals surface area (Å²) in [7, 11) is 0. The lowest BCUT2D eigenvalue weighted by Crippen LogP contribution is -2.29. The summed E-state index contributed by atoms with van der Waals surface area (Å²) in [4.78, 5) is 16.1. The van der Waals surface area contributed by atoms with Crippen molar-refractivity contribution >= 4 is 31.5 Å². The molecule has 1 aliphatic carbocycles. The number of benzene rings is 9. The predicted octanol–water partition coefficient (Wildman–Crippen LogP) is 14.9. The molecule has 0 amide bonds. The molecule has 12 rings (SSSR count). The largest absolute Gasteiger partial charge is 0.208 e. The minimum Gasteiger partial charge on any atom is -0.208 e. The summed E-state index contributed by atoms with van der Waals surface area (Å²) in [5.41, 5.74) is 14.0. The molecule has 0 fully saturated rings. The number of rotatable bonds is 7.